The van der Waals surface area contributed by atoms with E-state index in [0.717, 1.165) is 59.6 Å². The number of aromatic amines is 1. The number of H-pyrrole nitrogens is 1. The number of fused-ring (bicyclic) bond motifs is 2. The van der Waals surface area contributed by atoms with Crippen molar-refractivity contribution in [3.63, 3.8) is 0 Å². The summed E-state index contributed by atoms with van der Waals surface area (Å²) in [6.45, 7) is 2.23. The van der Waals surface area contributed by atoms with Gasteiger partial charge in [0.15, 0.2) is 0 Å². The van der Waals surface area contributed by atoms with Gasteiger partial charge in [-0.25, -0.2) is 4.98 Å². The number of rotatable bonds is 6. The molecule has 0 atom stereocenters. The van der Waals surface area contributed by atoms with Gasteiger partial charge in [0.25, 0.3) is 5.91 Å². The number of hydrogen-bond donors (Lipinski definition) is 2. The molecular weight excluding hydrogens is 469 g/mol. The number of pyridine rings is 2. The molecule has 7 nitrogen and oxygen atoms in total. The normalized spacial score (nSPS) is 13.4. The Balaban J connectivity index is 1.35. The highest BCUT2D eigenvalue weighted by Gasteiger charge is 2.31. The molecule has 0 aliphatic carbocycles. The summed E-state index contributed by atoms with van der Waals surface area (Å²) in [5.41, 5.74) is 4.58. The van der Waals surface area contributed by atoms with Crippen LogP contribution in [0.15, 0.2) is 55.1 Å². The van der Waals surface area contributed by atoms with Crippen LogP contribution in [0.5, 0.6) is 0 Å². The average molecular weight is 495 g/mol. The fraction of sp³-hybridized carbons (Fsp3) is 0.269. The number of alkyl halides is 3. The molecule has 1 amide bonds. The summed E-state index contributed by atoms with van der Waals surface area (Å²) in [6.07, 6.45) is 2.08. The molecule has 186 valence electrons. The predicted octanol–water partition coefficient (Wildman–Crippen LogP) is 4.85. The average Bonchev–Trinajstić information content (AvgIpc) is 3.42. The fourth-order valence-corrected chi connectivity index (χ4v) is 4.50. The summed E-state index contributed by atoms with van der Waals surface area (Å²) < 4.78 is 38.9. The quantitative estimate of drug-likeness (QED) is 0.401. The number of hydrogen-bond acceptors (Lipinski definition) is 5. The maximum absolute atomic E-state index is 13.0. The predicted molar refractivity (Wildman–Crippen MR) is 132 cm³/mol. The van der Waals surface area contributed by atoms with Gasteiger partial charge >= 0.3 is 6.18 Å². The fourth-order valence-electron chi connectivity index (χ4n) is 4.50. The van der Waals surface area contributed by atoms with Crippen LogP contribution in [0.4, 0.5) is 24.5 Å². The van der Waals surface area contributed by atoms with Crippen molar-refractivity contribution < 1.29 is 18.0 Å². The third-order valence-corrected chi connectivity index (χ3v) is 6.20. The standard InChI is InChI=1S/C26H25F3N6O/c1-34(2)15-19-11-32-24-22(19)7-16(10-31-24)14-35-6-5-17-3-4-18(8-23(17)35)25(36)33-21-9-20(12-30-13-21)26(27,28)29/h3-4,7-13H,5-6,14-15H2,1-2H3,(H,31,32)(H,33,36). The van der Waals surface area contributed by atoms with Crippen molar-refractivity contribution in [2.24, 2.45) is 0 Å². The van der Waals surface area contributed by atoms with Crippen molar-refractivity contribution in [1.82, 2.24) is 19.9 Å². The highest BCUT2D eigenvalue weighted by atomic mass is 19.4. The third kappa shape index (κ3) is 4.90. The smallest absolute Gasteiger partial charge is 0.367 e. The minimum atomic E-state index is -4.53. The Hall–Kier alpha value is -3.92. The van der Waals surface area contributed by atoms with Crippen LogP contribution >= 0.6 is 0 Å². The van der Waals surface area contributed by atoms with E-state index in [1.165, 1.54) is 11.8 Å². The summed E-state index contributed by atoms with van der Waals surface area (Å²) in [7, 11) is 4.04. The summed E-state index contributed by atoms with van der Waals surface area (Å²) in [5, 5.41) is 3.61. The van der Waals surface area contributed by atoms with Crippen LogP contribution < -0.4 is 10.2 Å². The molecule has 1 aliphatic rings. The molecule has 0 bridgehead atoms. The Labute approximate surface area is 206 Å². The minimum Gasteiger partial charge on any atom is -0.367 e. The lowest BCUT2D eigenvalue weighted by Gasteiger charge is -2.20. The van der Waals surface area contributed by atoms with Crippen LogP contribution in [0.25, 0.3) is 11.0 Å². The zero-order chi connectivity index (χ0) is 25.4. The van der Waals surface area contributed by atoms with Gasteiger partial charge in [0.1, 0.15) is 5.65 Å². The maximum atomic E-state index is 13.0. The van der Waals surface area contributed by atoms with E-state index in [1.54, 1.807) is 12.1 Å². The Kier molecular flexibility index (Phi) is 6.13. The minimum absolute atomic E-state index is 0.00779. The highest BCUT2D eigenvalue weighted by Crippen LogP contribution is 2.32. The number of aromatic nitrogens is 3. The van der Waals surface area contributed by atoms with Crippen LogP contribution in [0, 0.1) is 0 Å². The number of carbonyl (C=O) groups is 1. The van der Waals surface area contributed by atoms with E-state index in [4.69, 9.17) is 0 Å². The number of anilines is 2. The van der Waals surface area contributed by atoms with Gasteiger partial charge in [-0.15, -0.1) is 0 Å². The molecule has 4 aromatic rings. The second kappa shape index (κ2) is 9.27. The lowest BCUT2D eigenvalue weighted by Crippen LogP contribution is -2.20. The zero-order valence-corrected chi connectivity index (χ0v) is 19.9. The summed E-state index contributed by atoms with van der Waals surface area (Å²) in [4.78, 5) is 28.5. The summed E-state index contributed by atoms with van der Waals surface area (Å²) in [5.74, 6) is -0.491. The van der Waals surface area contributed by atoms with E-state index >= 15 is 0 Å². The number of carbonyl (C=O) groups excluding carboxylic acids is 1. The van der Waals surface area contributed by atoms with Gasteiger partial charge in [-0.2, -0.15) is 13.2 Å². The Morgan fingerprint density at radius 1 is 1.17 bits per heavy atom. The van der Waals surface area contributed by atoms with E-state index in [9.17, 15) is 18.0 Å². The molecule has 2 N–H and O–H groups in total. The number of halogens is 3. The van der Waals surface area contributed by atoms with E-state index < -0.39 is 17.6 Å². The molecule has 36 heavy (non-hydrogen) atoms. The number of amides is 1. The second-order valence-electron chi connectivity index (χ2n) is 9.22. The van der Waals surface area contributed by atoms with Crippen molar-refractivity contribution in [2.75, 3.05) is 30.9 Å². The van der Waals surface area contributed by atoms with Gasteiger partial charge in [-0.05, 0) is 61.5 Å². The van der Waals surface area contributed by atoms with Crippen LogP contribution in [0.3, 0.4) is 0 Å². The Bertz CT molecular complexity index is 1430. The number of benzene rings is 1. The molecule has 3 aromatic heterocycles. The first-order valence-corrected chi connectivity index (χ1v) is 11.5. The van der Waals surface area contributed by atoms with Crippen molar-refractivity contribution >= 4 is 28.3 Å². The van der Waals surface area contributed by atoms with Crippen molar-refractivity contribution in [1.29, 1.82) is 0 Å². The third-order valence-electron chi connectivity index (χ3n) is 6.20. The Morgan fingerprint density at radius 2 is 2.00 bits per heavy atom. The number of nitrogens with zero attached hydrogens (tertiary/aromatic N) is 4. The highest BCUT2D eigenvalue weighted by molar-refractivity contribution is 6.05. The van der Waals surface area contributed by atoms with Gasteiger partial charge in [-0.3, -0.25) is 9.78 Å². The van der Waals surface area contributed by atoms with Gasteiger partial charge in [0, 0.05) is 54.9 Å². The first-order valence-electron chi connectivity index (χ1n) is 11.5. The van der Waals surface area contributed by atoms with Crippen LogP contribution in [-0.2, 0) is 25.7 Å². The second-order valence-corrected chi connectivity index (χ2v) is 9.22. The molecule has 0 fully saturated rings. The van der Waals surface area contributed by atoms with E-state index in [-0.39, 0.29) is 5.69 Å². The van der Waals surface area contributed by atoms with E-state index in [0.29, 0.717) is 12.1 Å². The number of nitrogens with one attached hydrogen (secondary N) is 2. The summed E-state index contributed by atoms with van der Waals surface area (Å²) >= 11 is 0. The van der Waals surface area contributed by atoms with Gasteiger partial charge in [-0.1, -0.05) is 6.07 Å². The monoisotopic (exact) mass is 494 g/mol. The molecule has 0 saturated heterocycles. The van der Waals surface area contributed by atoms with Gasteiger partial charge in [0.05, 0.1) is 17.4 Å². The van der Waals surface area contributed by atoms with E-state index in [1.807, 2.05) is 32.6 Å². The first kappa shape index (κ1) is 23.8. The maximum Gasteiger partial charge on any atom is 0.417 e. The van der Waals surface area contributed by atoms with Crippen LogP contribution in [0.2, 0.25) is 0 Å². The molecule has 10 heteroatoms. The lowest BCUT2D eigenvalue weighted by molar-refractivity contribution is -0.137. The van der Waals surface area contributed by atoms with Crippen molar-refractivity contribution in [2.45, 2.75) is 25.7 Å². The first-order chi connectivity index (χ1) is 17.2. The molecule has 5 rings (SSSR count). The molecule has 4 heterocycles. The largest absolute Gasteiger partial charge is 0.417 e. The molecule has 0 spiro atoms. The van der Waals surface area contributed by atoms with Crippen LogP contribution in [0.1, 0.15) is 32.6 Å². The molecule has 0 unspecified atom stereocenters. The summed E-state index contributed by atoms with van der Waals surface area (Å²) in [6, 6.07) is 8.40. The topological polar surface area (TPSA) is 77.2 Å². The van der Waals surface area contributed by atoms with Crippen molar-refractivity contribution in [3.05, 3.63) is 82.9 Å². The molecule has 1 aromatic carbocycles. The molecule has 1 aliphatic heterocycles. The van der Waals surface area contributed by atoms with Gasteiger partial charge in [0.2, 0.25) is 0 Å². The zero-order valence-electron chi connectivity index (χ0n) is 19.9. The van der Waals surface area contributed by atoms with E-state index in [2.05, 4.69) is 36.1 Å². The molecule has 0 saturated carbocycles. The van der Waals surface area contributed by atoms with Crippen LogP contribution in [-0.4, -0.2) is 46.4 Å². The SMILES string of the molecule is CN(C)Cc1c[nH]c2ncc(CN3CCc4ccc(C(=O)Nc5cncc(C(F)(F)F)c5)cc43)cc12. The molecular formula is C26H25F3N6O. The Morgan fingerprint density at radius 3 is 2.78 bits per heavy atom. The van der Waals surface area contributed by atoms with Gasteiger partial charge < -0.3 is 20.1 Å². The lowest BCUT2D eigenvalue weighted by atomic mass is 10.1. The van der Waals surface area contributed by atoms with Crippen molar-refractivity contribution in [3.8, 4) is 0 Å². The molecule has 0 radical (unpaired) electrons.